The molecule has 0 aliphatic carbocycles. The van der Waals surface area contributed by atoms with Crippen LogP contribution in [0.15, 0.2) is 24.3 Å². The Bertz CT molecular complexity index is 2650. The van der Waals surface area contributed by atoms with Crippen LogP contribution in [0.5, 0.6) is 0 Å². The number of carbonyl (C=O) groups is 15. The number of carboxylic acids is 4. The van der Waals surface area contributed by atoms with E-state index < -0.39 is 198 Å². The Morgan fingerprint density at radius 3 is 1.81 bits per heavy atom. The van der Waals surface area contributed by atoms with Gasteiger partial charge >= 0.3 is 23.9 Å². The van der Waals surface area contributed by atoms with E-state index in [-0.39, 0.29) is 38.8 Å². The number of amides is 11. The number of aliphatic hydroxyl groups excluding tert-OH is 1. The number of unbranched alkanes of at least 4 members (excludes halogenated alkanes) is 1. The van der Waals surface area contributed by atoms with Gasteiger partial charge in [-0.2, -0.15) is 0 Å². The van der Waals surface area contributed by atoms with E-state index in [4.69, 9.17) is 5.73 Å². The number of hydrogen-bond donors (Lipinski definition) is 16. The van der Waals surface area contributed by atoms with E-state index in [1.165, 1.54) is 40.7 Å². The predicted molar refractivity (Wildman–Crippen MR) is 314 cm³/mol. The van der Waals surface area contributed by atoms with Crippen molar-refractivity contribution in [2.75, 3.05) is 19.6 Å². The van der Waals surface area contributed by atoms with Crippen LogP contribution in [-0.2, 0) is 71.9 Å². The maximum absolute atomic E-state index is 14.8. The van der Waals surface area contributed by atoms with Crippen LogP contribution in [0.1, 0.15) is 121 Å². The van der Waals surface area contributed by atoms with Crippen molar-refractivity contribution >= 4 is 88.9 Å². The lowest BCUT2D eigenvalue weighted by Crippen LogP contribution is -2.65. The van der Waals surface area contributed by atoms with E-state index >= 15 is 0 Å². The second-order valence-corrected chi connectivity index (χ2v) is 23.2. The number of allylic oxidation sites excluding steroid dienone is 3. The van der Waals surface area contributed by atoms with Gasteiger partial charge in [0.15, 0.2) is 6.10 Å². The first kappa shape index (κ1) is 76.5. The molecule has 0 bridgehead atoms. The van der Waals surface area contributed by atoms with Gasteiger partial charge in [-0.05, 0) is 89.5 Å². The highest BCUT2D eigenvalue weighted by atomic mass is 16.4. The summed E-state index contributed by atoms with van der Waals surface area (Å²) in [7, 11) is 0. The lowest BCUT2D eigenvalue weighted by atomic mass is 9.97. The SMILES string of the molecule is CCC(C)CC/C=C\C=C\C(=O)N[C@H](C(=O)NC1C(=O)N[C@H](C(C)C)C(=O)NC(CCCCN)C(=O)N[C@@H]([C@H](O)C(=O)O)C(=O)N[C@@H](CC(=O)O)C(=O)NCC(=O)N[C@H]([C@H](C)C(=O)O)C(=O)N[C@@H](C(C)C)C(=O)N2C[C@H](C)C[C@H]2C(=O)NC1C)[C@H](C)C(=O)O. The van der Waals surface area contributed by atoms with Crippen LogP contribution in [0.4, 0.5) is 0 Å². The van der Waals surface area contributed by atoms with Gasteiger partial charge in [-0.1, -0.05) is 73.1 Å². The average Bonchev–Trinajstić information content (AvgIpc) is 2.39. The minimum Gasteiger partial charge on any atom is -0.481 e. The Hall–Kier alpha value is -8.55. The molecule has 2 aliphatic rings. The molecule has 2 heterocycles. The van der Waals surface area contributed by atoms with Crippen molar-refractivity contribution in [2.24, 2.45) is 41.2 Å². The number of carboxylic acid groups (broad SMARTS) is 4. The zero-order valence-electron chi connectivity index (χ0n) is 51.8. The molecule has 0 aromatic rings. The predicted octanol–water partition coefficient (Wildman–Crippen LogP) is -3.52. The molecule has 2 aliphatic heterocycles. The number of nitrogens with one attached hydrogen (secondary N) is 10. The van der Waals surface area contributed by atoms with Gasteiger partial charge < -0.3 is 89.3 Å². The summed E-state index contributed by atoms with van der Waals surface area (Å²) < 4.78 is 0. The molecule has 0 aromatic heterocycles. The van der Waals surface area contributed by atoms with Gasteiger partial charge in [0, 0.05) is 12.6 Å². The molecule has 15 atom stereocenters. The van der Waals surface area contributed by atoms with E-state index in [0.29, 0.717) is 12.3 Å². The molecule has 0 aromatic carbocycles. The average molecular weight is 1260 g/mol. The van der Waals surface area contributed by atoms with Crippen LogP contribution < -0.4 is 58.9 Å². The first-order valence-corrected chi connectivity index (χ1v) is 29.5. The number of carbonyl (C=O) groups excluding carboxylic acids is 11. The molecule has 0 radical (unpaired) electrons. The molecular formula is C57H90N12O20. The summed E-state index contributed by atoms with van der Waals surface area (Å²) in [6, 6.07) is -18.6. The van der Waals surface area contributed by atoms with Crippen LogP contribution in [0.25, 0.3) is 0 Å². The van der Waals surface area contributed by atoms with Gasteiger partial charge in [0.25, 0.3) is 0 Å². The number of nitrogens with zero attached hydrogens (tertiary/aromatic N) is 1. The van der Waals surface area contributed by atoms with E-state index in [9.17, 15) is 97.5 Å². The molecule has 0 spiro atoms. The van der Waals surface area contributed by atoms with Crippen molar-refractivity contribution in [1.82, 2.24) is 58.1 Å². The third-order valence-electron chi connectivity index (χ3n) is 15.2. The topological polar surface area (TPSA) is 507 Å². The minimum atomic E-state index is -2.84. The second kappa shape index (κ2) is 36.7. The van der Waals surface area contributed by atoms with E-state index in [1.807, 2.05) is 29.0 Å². The number of aliphatic carboxylic acids is 4. The summed E-state index contributed by atoms with van der Waals surface area (Å²) in [6.45, 7) is 13.9. The molecule has 89 heavy (non-hydrogen) atoms. The monoisotopic (exact) mass is 1260 g/mol. The van der Waals surface area contributed by atoms with Crippen molar-refractivity contribution in [3.63, 3.8) is 0 Å². The van der Waals surface area contributed by atoms with Gasteiger partial charge in [-0.15, -0.1) is 0 Å². The minimum absolute atomic E-state index is 0.0276. The first-order chi connectivity index (χ1) is 41.6. The Kier molecular flexibility index (Phi) is 31.6. The summed E-state index contributed by atoms with van der Waals surface area (Å²) in [4.78, 5) is 205. The van der Waals surface area contributed by atoms with E-state index in [1.54, 1.807) is 13.0 Å². The summed E-state index contributed by atoms with van der Waals surface area (Å²) in [5.41, 5.74) is 5.69. The van der Waals surface area contributed by atoms with Crippen molar-refractivity contribution in [3.8, 4) is 0 Å². The Balaban J connectivity index is 2.96. The smallest absolute Gasteiger partial charge is 0.335 e. The number of fused-ring (bicyclic) bond motifs is 1. The standard InChI is InChI=1S/C57H90N12O20/c1-11-28(6)18-14-12-13-15-20-36(70)63-41(30(8)55(84)85)51(80)67-43-32(10)60-48(77)35-22-29(7)25-69(35)54(83)40(27(4)5)66-50(79)42(31(9)56(86)87)64-37(71)24-59-46(75)34(23-38(72)73)62-53(82)44(45(74)57(88)89)68-47(76)33(19-16-17-21-58)61-49(78)39(26(2)3)65-52(43)81/h12-13,15,20,26-35,39-45,74H,11,14,16-19,21-25,58H2,1-10H3,(H,59,75)(H,60,77)(H,61,78)(H,62,82)(H,63,70)(H,64,71)(H,65,81)(H,66,79)(H,67,80)(H,68,76)(H,72,73)(H,84,85)(H,86,87)(H,88,89)/b13-12-,20-15+/t28?,29-,30+,31+,32?,33?,34+,35+,39-,40+,41+,42-,43?,44+,45+/m1/s1. The van der Waals surface area contributed by atoms with Crippen LogP contribution in [0, 0.1) is 35.5 Å². The van der Waals surface area contributed by atoms with Crippen LogP contribution in [0.2, 0.25) is 0 Å². The van der Waals surface area contributed by atoms with Crippen molar-refractivity contribution in [1.29, 1.82) is 0 Å². The van der Waals surface area contributed by atoms with Crippen molar-refractivity contribution < 1.29 is 97.5 Å². The summed E-state index contributed by atoms with van der Waals surface area (Å²) >= 11 is 0. The van der Waals surface area contributed by atoms with E-state index in [2.05, 4.69) is 44.1 Å². The fraction of sp³-hybridized carbons (Fsp3) is 0.667. The molecule has 11 amide bonds. The number of rotatable bonds is 23. The maximum Gasteiger partial charge on any atom is 0.335 e. The van der Waals surface area contributed by atoms with Gasteiger partial charge in [0.2, 0.25) is 65.0 Å². The molecule has 2 fully saturated rings. The molecule has 17 N–H and O–H groups in total. The summed E-state index contributed by atoms with van der Waals surface area (Å²) in [5.74, 6) is -25.6. The van der Waals surface area contributed by atoms with Crippen LogP contribution in [0.3, 0.4) is 0 Å². The highest BCUT2D eigenvalue weighted by Crippen LogP contribution is 2.26. The summed E-state index contributed by atoms with van der Waals surface area (Å²) in [6.07, 6.45) is 4.14. The largest absolute Gasteiger partial charge is 0.481 e. The third-order valence-corrected chi connectivity index (χ3v) is 15.2. The Morgan fingerprint density at radius 2 is 1.25 bits per heavy atom. The highest BCUT2D eigenvalue weighted by molar-refractivity contribution is 6.02. The fourth-order valence-corrected chi connectivity index (χ4v) is 9.41. The zero-order valence-corrected chi connectivity index (χ0v) is 51.8. The van der Waals surface area contributed by atoms with Gasteiger partial charge in [-0.3, -0.25) is 67.1 Å². The van der Waals surface area contributed by atoms with Gasteiger partial charge in [0.1, 0.15) is 54.4 Å². The fourth-order valence-electron chi connectivity index (χ4n) is 9.41. The molecule has 498 valence electrons. The molecule has 32 heteroatoms. The number of hydrogen-bond acceptors (Lipinski definition) is 17. The van der Waals surface area contributed by atoms with Gasteiger partial charge in [0.05, 0.1) is 30.8 Å². The Morgan fingerprint density at radius 1 is 0.663 bits per heavy atom. The summed E-state index contributed by atoms with van der Waals surface area (Å²) in [5, 5.41) is 73.2. The van der Waals surface area contributed by atoms with E-state index in [0.717, 1.165) is 37.7 Å². The normalized spacial score (nSPS) is 26.1. The molecule has 2 saturated heterocycles. The molecule has 32 nitrogen and oxygen atoms in total. The molecule has 2 rings (SSSR count). The van der Waals surface area contributed by atoms with Gasteiger partial charge in [-0.25, -0.2) is 4.79 Å². The maximum atomic E-state index is 14.8. The van der Waals surface area contributed by atoms with Crippen molar-refractivity contribution in [2.45, 2.75) is 187 Å². The quantitative estimate of drug-likeness (QED) is 0.0268. The van der Waals surface area contributed by atoms with Crippen LogP contribution >= 0.6 is 0 Å². The van der Waals surface area contributed by atoms with Crippen LogP contribution in [-0.4, -0.2) is 205 Å². The Labute approximate surface area is 515 Å². The van der Waals surface area contributed by atoms with Crippen molar-refractivity contribution in [3.05, 3.63) is 24.3 Å². The third kappa shape index (κ3) is 24.2. The molecular weight excluding hydrogens is 1170 g/mol. The second-order valence-electron chi connectivity index (χ2n) is 23.2. The number of aliphatic hydroxyl groups is 1. The lowest BCUT2D eigenvalue weighted by Gasteiger charge is -2.34. The lowest BCUT2D eigenvalue weighted by molar-refractivity contribution is -0.153. The zero-order chi connectivity index (χ0) is 67.7. The first-order valence-electron chi connectivity index (χ1n) is 29.5. The molecule has 0 saturated carbocycles. The highest BCUT2D eigenvalue weighted by Gasteiger charge is 2.45. The number of nitrogens with two attached hydrogens (primary N) is 1. The molecule has 4 unspecified atom stereocenters.